The molecule has 0 fully saturated rings. The van der Waals surface area contributed by atoms with Crippen LogP contribution in [0.5, 0.6) is 0 Å². The summed E-state index contributed by atoms with van der Waals surface area (Å²) in [5.74, 6) is 0. The molecule has 4 unspecified atom stereocenters. The molecule has 0 saturated heterocycles. The second kappa shape index (κ2) is 8.01. The van der Waals surface area contributed by atoms with E-state index in [0.717, 1.165) is 19.3 Å². The van der Waals surface area contributed by atoms with Gasteiger partial charge < -0.3 is 25.5 Å². The number of aliphatic hydroxyl groups excluding tert-OH is 5. The summed E-state index contributed by atoms with van der Waals surface area (Å²) in [6.45, 7) is 1.38. The summed E-state index contributed by atoms with van der Waals surface area (Å²) < 4.78 is 0. The summed E-state index contributed by atoms with van der Waals surface area (Å²) in [4.78, 5) is 0. The molecule has 5 heteroatoms. The van der Waals surface area contributed by atoms with Gasteiger partial charge in [-0.25, -0.2) is 0 Å². The van der Waals surface area contributed by atoms with Gasteiger partial charge in [0.2, 0.25) is 0 Å². The van der Waals surface area contributed by atoms with E-state index in [0.29, 0.717) is 6.42 Å². The van der Waals surface area contributed by atoms with Crippen molar-refractivity contribution in [2.24, 2.45) is 0 Å². The van der Waals surface area contributed by atoms with E-state index in [1.54, 1.807) is 0 Å². The first kappa shape index (κ1) is 14.8. The molecule has 5 nitrogen and oxygen atoms in total. The average molecular weight is 222 g/mol. The fourth-order valence-corrected chi connectivity index (χ4v) is 1.34. The van der Waals surface area contributed by atoms with Crippen LogP contribution < -0.4 is 0 Å². The maximum Gasteiger partial charge on any atom is 0.110 e. The molecule has 15 heavy (non-hydrogen) atoms. The Morgan fingerprint density at radius 3 is 1.87 bits per heavy atom. The maximum absolute atomic E-state index is 9.46. The Morgan fingerprint density at radius 1 is 0.867 bits per heavy atom. The molecule has 0 radical (unpaired) electrons. The Bertz CT molecular complexity index is 153. The smallest absolute Gasteiger partial charge is 0.110 e. The number of hydrogen-bond donors (Lipinski definition) is 5. The molecular weight excluding hydrogens is 200 g/mol. The van der Waals surface area contributed by atoms with Crippen LogP contribution in [-0.4, -0.2) is 56.6 Å². The minimum atomic E-state index is -1.51. The average Bonchev–Trinajstić information content (AvgIpc) is 2.26. The predicted molar refractivity (Wildman–Crippen MR) is 55.3 cm³/mol. The van der Waals surface area contributed by atoms with Gasteiger partial charge in [-0.05, 0) is 6.42 Å². The Morgan fingerprint density at radius 2 is 1.40 bits per heavy atom. The second-order valence-corrected chi connectivity index (χ2v) is 3.79. The molecule has 0 bridgehead atoms. The van der Waals surface area contributed by atoms with E-state index in [-0.39, 0.29) is 0 Å². The maximum atomic E-state index is 9.46. The summed E-state index contributed by atoms with van der Waals surface area (Å²) in [5.41, 5.74) is 0. The van der Waals surface area contributed by atoms with Crippen molar-refractivity contribution in [3.63, 3.8) is 0 Å². The van der Waals surface area contributed by atoms with Crippen molar-refractivity contribution < 1.29 is 25.5 Å². The molecule has 0 amide bonds. The quantitative estimate of drug-likeness (QED) is 0.339. The lowest BCUT2D eigenvalue weighted by atomic mass is 9.99. The van der Waals surface area contributed by atoms with E-state index >= 15 is 0 Å². The van der Waals surface area contributed by atoms with Crippen LogP contribution in [0.15, 0.2) is 0 Å². The molecule has 0 aliphatic carbocycles. The lowest BCUT2D eigenvalue weighted by molar-refractivity contribution is -0.116. The molecule has 0 spiro atoms. The second-order valence-electron chi connectivity index (χ2n) is 3.79. The molecule has 4 atom stereocenters. The Balaban J connectivity index is 3.90. The lowest BCUT2D eigenvalue weighted by Gasteiger charge is -2.25. The zero-order valence-corrected chi connectivity index (χ0v) is 9.08. The molecular formula is C10H22O5. The van der Waals surface area contributed by atoms with Crippen molar-refractivity contribution >= 4 is 0 Å². The highest BCUT2D eigenvalue weighted by Crippen LogP contribution is 2.11. The fourth-order valence-electron chi connectivity index (χ4n) is 1.34. The first-order valence-corrected chi connectivity index (χ1v) is 5.37. The van der Waals surface area contributed by atoms with E-state index < -0.39 is 31.0 Å². The molecule has 0 saturated carbocycles. The third-order valence-electron chi connectivity index (χ3n) is 2.43. The highest BCUT2D eigenvalue weighted by atomic mass is 16.4. The number of aliphatic hydroxyl groups is 5. The standard InChI is InChI=1S/C10H22O5/c1-2-3-4-5-7(12)9(14)10(15)8(13)6-11/h7-15H,2-6H2,1H3. The van der Waals surface area contributed by atoms with Gasteiger partial charge in [-0.3, -0.25) is 0 Å². The zero-order valence-electron chi connectivity index (χ0n) is 9.08. The van der Waals surface area contributed by atoms with Gasteiger partial charge in [-0.2, -0.15) is 0 Å². The van der Waals surface area contributed by atoms with Gasteiger partial charge >= 0.3 is 0 Å². The molecule has 0 rings (SSSR count). The van der Waals surface area contributed by atoms with Gasteiger partial charge in [0.25, 0.3) is 0 Å². The van der Waals surface area contributed by atoms with E-state index in [4.69, 9.17) is 10.2 Å². The largest absolute Gasteiger partial charge is 0.394 e. The van der Waals surface area contributed by atoms with E-state index in [1.807, 2.05) is 6.92 Å². The predicted octanol–water partition coefficient (Wildman–Crippen LogP) is -0.997. The van der Waals surface area contributed by atoms with Crippen LogP contribution in [0.25, 0.3) is 0 Å². The van der Waals surface area contributed by atoms with Crippen molar-refractivity contribution in [2.75, 3.05) is 6.61 Å². The van der Waals surface area contributed by atoms with Crippen molar-refractivity contribution in [1.29, 1.82) is 0 Å². The Labute approximate surface area is 90.0 Å². The Kier molecular flexibility index (Phi) is 7.90. The Hall–Kier alpha value is -0.200. The van der Waals surface area contributed by atoms with Gasteiger partial charge in [0.1, 0.15) is 18.3 Å². The van der Waals surface area contributed by atoms with Gasteiger partial charge in [-0.15, -0.1) is 0 Å². The van der Waals surface area contributed by atoms with Gasteiger partial charge in [-0.1, -0.05) is 26.2 Å². The summed E-state index contributed by atoms with van der Waals surface area (Å²) in [5, 5.41) is 45.8. The van der Waals surface area contributed by atoms with Crippen LogP contribution in [0.2, 0.25) is 0 Å². The molecule has 0 aromatic carbocycles. The van der Waals surface area contributed by atoms with E-state index in [9.17, 15) is 15.3 Å². The molecule has 0 aromatic rings. The number of rotatable bonds is 8. The monoisotopic (exact) mass is 222 g/mol. The van der Waals surface area contributed by atoms with Crippen molar-refractivity contribution in [2.45, 2.75) is 57.0 Å². The lowest BCUT2D eigenvalue weighted by Crippen LogP contribution is -2.45. The van der Waals surface area contributed by atoms with Gasteiger partial charge in [0.05, 0.1) is 12.7 Å². The van der Waals surface area contributed by atoms with Gasteiger partial charge in [0.15, 0.2) is 0 Å². The number of unbranched alkanes of at least 4 members (excludes halogenated alkanes) is 2. The molecule has 0 heterocycles. The molecule has 0 aromatic heterocycles. The van der Waals surface area contributed by atoms with Crippen LogP contribution >= 0.6 is 0 Å². The zero-order chi connectivity index (χ0) is 11.8. The van der Waals surface area contributed by atoms with E-state index in [2.05, 4.69) is 0 Å². The highest BCUT2D eigenvalue weighted by molar-refractivity contribution is 4.80. The fraction of sp³-hybridized carbons (Fsp3) is 1.00. The first-order chi connectivity index (χ1) is 7.04. The highest BCUT2D eigenvalue weighted by Gasteiger charge is 2.29. The van der Waals surface area contributed by atoms with Crippen LogP contribution in [0.3, 0.4) is 0 Å². The van der Waals surface area contributed by atoms with E-state index in [1.165, 1.54) is 0 Å². The van der Waals surface area contributed by atoms with Crippen molar-refractivity contribution in [1.82, 2.24) is 0 Å². The molecule has 5 N–H and O–H groups in total. The SMILES string of the molecule is CCCCCC(O)C(O)C(O)C(O)CO. The topological polar surface area (TPSA) is 101 Å². The van der Waals surface area contributed by atoms with Crippen LogP contribution in [0.4, 0.5) is 0 Å². The minimum absolute atomic E-state index is 0.379. The summed E-state index contributed by atoms with van der Waals surface area (Å²) in [6, 6.07) is 0. The van der Waals surface area contributed by atoms with Crippen molar-refractivity contribution in [3.05, 3.63) is 0 Å². The van der Waals surface area contributed by atoms with Crippen LogP contribution in [-0.2, 0) is 0 Å². The molecule has 0 aliphatic rings. The molecule has 92 valence electrons. The third kappa shape index (κ3) is 5.44. The van der Waals surface area contributed by atoms with Crippen LogP contribution in [0, 0.1) is 0 Å². The van der Waals surface area contributed by atoms with Crippen molar-refractivity contribution in [3.8, 4) is 0 Å². The summed E-state index contributed by atoms with van der Waals surface area (Å²) in [6.07, 6.45) is -2.31. The number of hydrogen-bond acceptors (Lipinski definition) is 5. The van der Waals surface area contributed by atoms with Crippen LogP contribution in [0.1, 0.15) is 32.6 Å². The first-order valence-electron chi connectivity index (χ1n) is 5.37. The molecule has 0 aliphatic heterocycles. The summed E-state index contributed by atoms with van der Waals surface area (Å²) in [7, 11) is 0. The van der Waals surface area contributed by atoms with Gasteiger partial charge in [0, 0.05) is 0 Å². The minimum Gasteiger partial charge on any atom is -0.394 e. The normalized spacial score (nSPS) is 19.6. The summed E-state index contributed by atoms with van der Waals surface area (Å²) >= 11 is 0. The third-order valence-corrected chi connectivity index (χ3v) is 2.43.